The Morgan fingerprint density at radius 1 is 0.875 bits per heavy atom. The summed E-state index contributed by atoms with van der Waals surface area (Å²) >= 11 is 6.27. The van der Waals surface area contributed by atoms with E-state index in [0.29, 0.717) is 39.0 Å². The van der Waals surface area contributed by atoms with Crippen molar-refractivity contribution in [3.63, 3.8) is 0 Å². The van der Waals surface area contributed by atoms with Gasteiger partial charge in [0.15, 0.2) is 11.5 Å². The number of halogens is 1. The van der Waals surface area contributed by atoms with Crippen LogP contribution in [0, 0.1) is 13.8 Å². The highest BCUT2D eigenvalue weighted by molar-refractivity contribution is 6.46. The number of carbonyl (C=O) groups is 2. The number of rotatable bonds is 4. The Morgan fingerprint density at radius 2 is 1.62 bits per heavy atom. The normalized spacial score (nSPS) is 15.0. The summed E-state index contributed by atoms with van der Waals surface area (Å²) in [6, 6.07) is 17.9. The first-order valence-electron chi connectivity index (χ1n) is 10.1. The van der Waals surface area contributed by atoms with Gasteiger partial charge in [-0.1, -0.05) is 47.5 Å². The minimum atomic E-state index is -0.455. The maximum atomic E-state index is 13.5. The van der Waals surface area contributed by atoms with Gasteiger partial charge in [0.2, 0.25) is 6.79 Å². The molecule has 0 fully saturated rings. The number of aryl methyl sites for hydroxylation is 2. The Kier molecular flexibility index (Phi) is 4.87. The summed E-state index contributed by atoms with van der Waals surface area (Å²) in [5.41, 5.74) is 4.08. The summed E-state index contributed by atoms with van der Waals surface area (Å²) in [5.74, 6) is 0.338. The summed E-state index contributed by atoms with van der Waals surface area (Å²) < 4.78 is 10.8. The number of benzene rings is 3. The lowest BCUT2D eigenvalue weighted by Gasteiger charge is -2.16. The van der Waals surface area contributed by atoms with Crippen molar-refractivity contribution in [2.75, 3.05) is 17.0 Å². The Morgan fingerprint density at radius 3 is 2.38 bits per heavy atom. The molecule has 0 atom stereocenters. The topological polar surface area (TPSA) is 67.9 Å². The zero-order valence-corrected chi connectivity index (χ0v) is 18.2. The van der Waals surface area contributed by atoms with E-state index in [9.17, 15) is 9.59 Å². The highest BCUT2D eigenvalue weighted by Gasteiger charge is 2.40. The fourth-order valence-electron chi connectivity index (χ4n) is 3.71. The molecule has 0 spiro atoms. The van der Waals surface area contributed by atoms with Gasteiger partial charge in [-0.15, -0.1) is 0 Å². The highest BCUT2D eigenvalue weighted by Crippen LogP contribution is 2.38. The zero-order valence-electron chi connectivity index (χ0n) is 17.4. The molecular weight excluding hydrogens is 428 g/mol. The van der Waals surface area contributed by atoms with Crippen molar-refractivity contribution < 1.29 is 19.1 Å². The fraction of sp³-hybridized carbons (Fsp3) is 0.120. The minimum Gasteiger partial charge on any atom is -0.454 e. The van der Waals surface area contributed by atoms with Gasteiger partial charge in [-0.3, -0.25) is 9.59 Å². The van der Waals surface area contributed by atoms with E-state index in [4.69, 9.17) is 21.1 Å². The van der Waals surface area contributed by atoms with Gasteiger partial charge >= 0.3 is 0 Å². The molecule has 0 unspecified atom stereocenters. The van der Waals surface area contributed by atoms with Gasteiger partial charge < -0.3 is 14.8 Å². The number of ether oxygens (including phenoxy) is 2. The van der Waals surface area contributed by atoms with Crippen LogP contribution in [0.3, 0.4) is 0 Å². The van der Waals surface area contributed by atoms with Gasteiger partial charge in [0.1, 0.15) is 5.70 Å². The van der Waals surface area contributed by atoms with Crippen molar-refractivity contribution in [3.05, 3.63) is 88.1 Å². The maximum absolute atomic E-state index is 13.5. The van der Waals surface area contributed by atoms with Gasteiger partial charge in [-0.2, -0.15) is 0 Å². The SMILES string of the molecule is Cc1ccc(C2=C(Nc3ccc4c(c3)OCO4)C(=O)N(c3ccc(C)c(Cl)c3)C2=O)cc1. The van der Waals surface area contributed by atoms with Gasteiger partial charge in [0.25, 0.3) is 11.8 Å². The first-order chi connectivity index (χ1) is 15.4. The smallest absolute Gasteiger partial charge is 0.282 e. The van der Waals surface area contributed by atoms with Crippen LogP contribution in [0.25, 0.3) is 5.57 Å². The summed E-state index contributed by atoms with van der Waals surface area (Å²) in [6.45, 7) is 3.98. The van der Waals surface area contributed by atoms with Crippen molar-refractivity contribution in [1.82, 2.24) is 0 Å². The second-order valence-corrected chi connectivity index (χ2v) is 8.10. The number of hydrogen-bond acceptors (Lipinski definition) is 5. The van der Waals surface area contributed by atoms with Crippen LogP contribution in [0.1, 0.15) is 16.7 Å². The molecule has 2 amide bonds. The number of nitrogens with zero attached hydrogens (tertiary/aromatic N) is 1. The third kappa shape index (κ3) is 3.39. The Balaban J connectivity index is 1.59. The van der Waals surface area contributed by atoms with Crippen LogP contribution in [0.5, 0.6) is 11.5 Å². The molecule has 7 heteroatoms. The van der Waals surface area contributed by atoms with Crippen molar-refractivity contribution in [2.45, 2.75) is 13.8 Å². The zero-order chi connectivity index (χ0) is 22.4. The third-order valence-corrected chi connectivity index (χ3v) is 5.89. The van der Waals surface area contributed by atoms with Gasteiger partial charge in [0.05, 0.1) is 11.3 Å². The number of nitrogens with one attached hydrogen (secondary N) is 1. The van der Waals surface area contributed by atoms with E-state index in [2.05, 4.69) is 5.32 Å². The molecule has 0 bridgehead atoms. The molecule has 3 aromatic carbocycles. The molecule has 2 aliphatic rings. The molecular formula is C25H19ClN2O4. The van der Waals surface area contributed by atoms with Crippen molar-refractivity contribution in [2.24, 2.45) is 0 Å². The predicted octanol–water partition coefficient (Wildman–Crippen LogP) is 5.08. The summed E-state index contributed by atoms with van der Waals surface area (Å²) in [5, 5.41) is 3.62. The van der Waals surface area contributed by atoms with Crippen LogP contribution < -0.4 is 19.7 Å². The van der Waals surface area contributed by atoms with Gasteiger partial charge in [-0.05, 0) is 49.2 Å². The monoisotopic (exact) mass is 446 g/mol. The van der Waals surface area contributed by atoms with E-state index in [1.807, 2.05) is 38.1 Å². The lowest BCUT2D eigenvalue weighted by atomic mass is 10.0. The molecule has 6 nitrogen and oxygen atoms in total. The molecule has 3 aromatic rings. The van der Waals surface area contributed by atoms with Gasteiger partial charge in [0, 0.05) is 16.8 Å². The van der Waals surface area contributed by atoms with E-state index < -0.39 is 11.8 Å². The maximum Gasteiger partial charge on any atom is 0.282 e. The number of imide groups is 1. The molecule has 0 aromatic heterocycles. The highest BCUT2D eigenvalue weighted by atomic mass is 35.5. The second-order valence-electron chi connectivity index (χ2n) is 7.69. The van der Waals surface area contributed by atoms with E-state index in [-0.39, 0.29) is 12.5 Å². The van der Waals surface area contributed by atoms with Crippen LogP contribution in [-0.4, -0.2) is 18.6 Å². The number of amides is 2. The molecule has 32 heavy (non-hydrogen) atoms. The molecule has 0 saturated carbocycles. The van der Waals surface area contributed by atoms with Crippen molar-refractivity contribution in [3.8, 4) is 11.5 Å². The molecule has 2 heterocycles. The van der Waals surface area contributed by atoms with Crippen LogP contribution in [0.2, 0.25) is 5.02 Å². The predicted molar refractivity (Wildman–Crippen MR) is 123 cm³/mol. The molecule has 0 aliphatic carbocycles. The van der Waals surface area contributed by atoms with Crippen molar-refractivity contribution >= 4 is 40.4 Å². The number of anilines is 2. The number of fused-ring (bicyclic) bond motifs is 1. The van der Waals surface area contributed by atoms with Crippen LogP contribution in [-0.2, 0) is 9.59 Å². The van der Waals surface area contributed by atoms with Crippen LogP contribution in [0.15, 0.2) is 66.4 Å². The summed E-state index contributed by atoms with van der Waals surface area (Å²) in [6.07, 6.45) is 0. The van der Waals surface area contributed by atoms with E-state index in [0.717, 1.165) is 16.0 Å². The van der Waals surface area contributed by atoms with E-state index in [1.165, 1.54) is 0 Å². The van der Waals surface area contributed by atoms with Crippen LogP contribution >= 0.6 is 11.6 Å². The molecule has 160 valence electrons. The fourth-order valence-corrected chi connectivity index (χ4v) is 3.88. The first kappa shape index (κ1) is 20.2. The standard InChI is InChI=1S/C25H19ClN2O4/c1-14-3-6-16(7-4-14)22-23(27-17-8-10-20-21(11-17)32-13-31-20)25(30)28(24(22)29)18-9-5-15(2)19(26)12-18/h3-12,27H,13H2,1-2H3. The molecule has 1 N–H and O–H groups in total. The lowest BCUT2D eigenvalue weighted by Crippen LogP contribution is -2.32. The average molecular weight is 447 g/mol. The Bertz CT molecular complexity index is 1300. The number of hydrogen-bond donors (Lipinski definition) is 1. The van der Waals surface area contributed by atoms with E-state index >= 15 is 0 Å². The molecule has 5 rings (SSSR count). The van der Waals surface area contributed by atoms with Crippen LogP contribution in [0.4, 0.5) is 11.4 Å². The largest absolute Gasteiger partial charge is 0.454 e. The minimum absolute atomic E-state index is 0.148. The molecule has 2 aliphatic heterocycles. The summed E-state index contributed by atoms with van der Waals surface area (Å²) in [7, 11) is 0. The van der Waals surface area contributed by atoms with Gasteiger partial charge in [-0.25, -0.2) is 4.90 Å². The quantitative estimate of drug-likeness (QED) is 0.566. The number of carbonyl (C=O) groups excluding carboxylic acids is 2. The molecule has 0 saturated heterocycles. The summed E-state index contributed by atoms with van der Waals surface area (Å²) in [4.78, 5) is 28.1. The molecule has 0 radical (unpaired) electrons. The Hall–Kier alpha value is -3.77. The first-order valence-corrected chi connectivity index (χ1v) is 10.4. The third-order valence-electron chi connectivity index (χ3n) is 5.48. The lowest BCUT2D eigenvalue weighted by molar-refractivity contribution is -0.120. The average Bonchev–Trinajstić information content (AvgIpc) is 3.33. The Labute approximate surface area is 190 Å². The second kappa shape index (κ2) is 7.73. The van der Waals surface area contributed by atoms with Crippen molar-refractivity contribution in [1.29, 1.82) is 0 Å². The van der Waals surface area contributed by atoms with E-state index in [1.54, 1.807) is 36.4 Å².